The summed E-state index contributed by atoms with van der Waals surface area (Å²) in [5.41, 5.74) is 0.711. The van der Waals surface area contributed by atoms with E-state index in [0.717, 1.165) is 4.90 Å². The van der Waals surface area contributed by atoms with Crippen LogP contribution in [0.25, 0.3) is 0 Å². The van der Waals surface area contributed by atoms with Crippen molar-refractivity contribution in [1.29, 1.82) is 0 Å². The van der Waals surface area contributed by atoms with Crippen molar-refractivity contribution in [3.8, 4) is 0 Å². The monoisotopic (exact) mass is 306 g/mol. The van der Waals surface area contributed by atoms with Crippen molar-refractivity contribution in [2.24, 2.45) is 0 Å². The molecule has 0 radical (unpaired) electrons. The first-order chi connectivity index (χ1) is 10.4. The minimum atomic E-state index is -1.11. The van der Waals surface area contributed by atoms with Crippen molar-refractivity contribution < 1.29 is 19.1 Å². The standard InChI is InChI=1S/C14H15FN4O3/c1-9(14(21)22)18(2)13(20)12-8-19(17-16-12)7-10-4-3-5-11(15)6-10/h3-6,8-9H,7H2,1-2H3,(H,21,22). The third-order valence-electron chi connectivity index (χ3n) is 3.25. The molecule has 1 heterocycles. The zero-order valence-electron chi connectivity index (χ0n) is 12.1. The number of rotatable bonds is 5. The predicted octanol–water partition coefficient (Wildman–Crippen LogP) is 1.01. The summed E-state index contributed by atoms with van der Waals surface area (Å²) in [6.45, 7) is 1.66. The summed E-state index contributed by atoms with van der Waals surface area (Å²) in [6, 6.07) is 5.03. The number of hydrogen-bond acceptors (Lipinski definition) is 4. The number of carbonyl (C=O) groups is 2. The van der Waals surface area contributed by atoms with Crippen LogP contribution in [0.4, 0.5) is 4.39 Å². The molecule has 1 aromatic carbocycles. The highest BCUT2D eigenvalue weighted by molar-refractivity contribution is 5.94. The molecule has 8 heteroatoms. The van der Waals surface area contributed by atoms with Crippen molar-refractivity contribution in [3.05, 3.63) is 47.5 Å². The molecule has 0 bridgehead atoms. The van der Waals surface area contributed by atoms with Crippen molar-refractivity contribution in [1.82, 2.24) is 19.9 Å². The Bertz CT molecular complexity index is 701. The van der Waals surface area contributed by atoms with Gasteiger partial charge in [0, 0.05) is 7.05 Å². The topological polar surface area (TPSA) is 88.3 Å². The quantitative estimate of drug-likeness (QED) is 0.890. The first-order valence-electron chi connectivity index (χ1n) is 6.53. The molecule has 2 rings (SSSR count). The van der Waals surface area contributed by atoms with Gasteiger partial charge >= 0.3 is 5.97 Å². The van der Waals surface area contributed by atoms with E-state index >= 15 is 0 Å². The molecule has 0 aliphatic heterocycles. The molecule has 0 saturated carbocycles. The summed E-state index contributed by atoms with van der Waals surface area (Å²) >= 11 is 0. The van der Waals surface area contributed by atoms with Gasteiger partial charge in [0.05, 0.1) is 12.7 Å². The van der Waals surface area contributed by atoms with E-state index in [0.29, 0.717) is 5.56 Å². The Balaban J connectivity index is 2.11. The molecule has 1 aromatic heterocycles. The number of hydrogen-bond donors (Lipinski definition) is 1. The predicted molar refractivity (Wildman–Crippen MR) is 74.7 cm³/mol. The highest BCUT2D eigenvalue weighted by Gasteiger charge is 2.24. The Morgan fingerprint density at radius 2 is 2.18 bits per heavy atom. The minimum absolute atomic E-state index is 0.0343. The number of nitrogens with zero attached hydrogens (tertiary/aromatic N) is 4. The van der Waals surface area contributed by atoms with Crippen molar-refractivity contribution >= 4 is 11.9 Å². The molecule has 7 nitrogen and oxygen atoms in total. The van der Waals surface area contributed by atoms with Gasteiger partial charge in [0.15, 0.2) is 5.69 Å². The van der Waals surface area contributed by atoms with Crippen LogP contribution in [0, 0.1) is 5.82 Å². The van der Waals surface area contributed by atoms with Crippen LogP contribution >= 0.6 is 0 Å². The highest BCUT2D eigenvalue weighted by Crippen LogP contribution is 2.07. The van der Waals surface area contributed by atoms with Gasteiger partial charge in [0.1, 0.15) is 11.9 Å². The van der Waals surface area contributed by atoms with Crippen LogP contribution in [0.1, 0.15) is 23.0 Å². The van der Waals surface area contributed by atoms with E-state index in [1.54, 1.807) is 12.1 Å². The molecule has 0 aliphatic carbocycles. The van der Waals surface area contributed by atoms with Gasteiger partial charge in [-0.05, 0) is 24.6 Å². The van der Waals surface area contributed by atoms with Crippen LogP contribution < -0.4 is 0 Å². The lowest BCUT2D eigenvalue weighted by atomic mass is 10.2. The number of amides is 1. The highest BCUT2D eigenvalue weighted by atomic mass is 19.1. The van der Waals surface area contributed by atoms with Gasteiger partial charge in [-0.2, -0.15) is 0 Å². The van der Waals surface area contributed by atoms with Gasteiger partial charge < -0.3 is 10.0 Å². The largest absolute Gasteiger partial charge is 0.480 e. The second-order valence-electron chi connectivity index (χ2n) is 4.86. The maximum Gasteiger partial charge on any atom is 0.326 e. The summed E-state index contributed by atoms with van der Waals surface area (Å²) in [6.07, 6.45) is 1.40. The third-order valence-corrected chi connectivity index (χ3v) is 3.25. The number of halogens is 1. The van der Waals surface area contributed by atoms with Gasteiger partial charge in [0.2, 0.25) is 0 Å². The number of carboxylic acids is 1. The molecule has 22 heavy (non-hydrogen) atoms. The summed E-state index contributed by atoms with van der Waals surface area (Å²) in [5, 5.41) is 16.4. The van der Waals surface area contributed by atoms with Crippen LogP contribution in [0.5, 0.6) is 0 Å². The van der Waals surface area contributed by atoms with Gasteiger partial charge in [-0.3, -0.25) is 4.79 Å². The molecule has 0 saturated heterocycles. The maximum atomic E-state index is 13.1. The summed E-state index contributed by atoms with van der Waals surface area (Å²) < 4.78 is 14.5. The normalized spacial score (nSPS) is 12.0. The fourth-order valence-corrected chi connectivity index (χ4v) is 1.82. The van der Waals surface area contributed by atoms with Gasteiger partial charge in [-0.15, -0.1) is 5.10 Å². The number of likely N-dealkylation sites (N-methyl/N-ethyl adjacent to an activating group) is 1. The summed E-state index contributed by atoms with van der Waals surface area (Å²) in [4.78, 5) is 24.0. The Labute approximate surface area is 126 Å². The molecule has 1 atom stereocenters. The number of aliphatic carboxylic acids is 1. The Morgan fingerprint density at radius 3 is 2.82 bits per heavy atom. The number of carbonyl (C=O) groups excluding carboxylic acids is 1. The minimum Gasteiger partial charge on any atom is -0.480 e. The van der Waals surface area contributed by atoms with Crippen LogP contribution in [-0.4, -0.2) is 50.0 Å². The molecular weight excluding hydrogens is 291 g/mol. The van der Waals surface area contributed by atoms with Crippen molar-refractivity contribution in [2.75, 3.05) is 7.05 Å². The molecule has 1 unspecified atom stereocenters. The second kappa shape index (κ2) is 6.33. The maximum absolute atomic E-state index is 13.1. The lowest BCUT2D eigenvalue weighted by molar-refractivity contribution is -0.141. The molecular formula is C14H15FN4O3. The van der Waals surface area contributed by atoms with E-state index in [4.69, 9.17) is 5.11 Å². The molecule has 116 valence electrons. The molecule has 0 fully saturated rings. The molecule has 0 aliphatic rings. The Kier molecular flexibility index (Phi) is 4.50. The van der Waals surface area contributed by atoms with Crippen molar-refractivity contribution in [3.63, 3.8) is 0 Å². The third kappa shape index (κ3) is 3.46. The SMILES string of the molecule is CC(C(=O)O)N(C)C(=O)c1cn(Cc2cccc(F)c2)nn1. The van der Waals surface area contributed by atoms with E-state index in [-0.39, 0.29) is 18.1 Å². The average molecular weight is 306 g/mol. The van der Waals surface area contributed by atoms with Crippen LogP contribution in [-0.2, 0) is 11.3 Å². The number of benzene rings is 1. The fourth-order valence-electron chi connectivity index (χ4n) is 1.82. The molecule has 1 amide bonds. The van der Waals surface area contributed by atoms with E-state index in [1.807, 2.05) is 0 Å². The van der Waals surface area contributed by atoms with E-state index in [2.05, 4.69) is 10.3 Å². The lowest BCUT2D eigenvalue weighted by Gasteiger charge is -2.19. The van der Waals surface area contributed by atoms with Gasteiger partial charge in [-0.25, -0.2) is 13.9 Å². The lowest BCUT2D eigenvalue weighted by Crippen LogP contribution is -2.40. The molecule has 1 N–H and O–H groups in total. The Hall–Kier alpha value is -2.77. The first kappa shape index (κ1) is 15.6. The molecule has 0 spiro atoms. The Morgan fingerprint density at radius 1 is 1.45 bits per heavy atom. The number of carboxylic acid groups (broad SMARTS) is 1. The van der Waals surface area contributed by atoms with Crippen LogP contribution in [0.15, 0.2) is 30.5 Å². The average Bonchev–Trinajstić information content (AvgIpc) is 2.93. The second-order valence-corrected chi connectivity index (χ2v) is 4.86. The zero-order valence-corrected chi connectivity index (χ0v) is 12.1. The van der Waals surface area contributed by atoms with E-state index in [1.165, 1.54) is 37.0 Å². The van der Waals surface area contributed by atoms with Crippen LogP contribution in [0.2, 0.25) is 0 Å². The zero-order chi connectivity index (χ0) is 16.3. The smallest absolute Gasteiger partial charge is 0.326 e. The molecule has 2 aromatic rings. The summed E-state index contributed by atoms with van der Waals surface area (Å²) in [5.74, 6) is -2.01. The van der Waals surface area contributed by atoms with E-state index in [9.17, 15) is 14.0 Å². The van der Waals surface area contributed by atoms with Crippen LogP contribution in [0.3, 0.4) is 0 Å². The first-order valence-corrected chi connectivity index (χ1v) is 6.53. The van der Waals surface area contributed by atoms with Gasteiger partial charge in [-0.1, -0.05) is 17.3 Å². The summed E-state index contributed by atoms with van der Waals surface area (Å²) in [7, 11) is 1.38. The van der Waals surface area contributed by atoms with Gasteiger partial charge in [0.25, 0.3) is 5.91 Å². The van der Waals surface area contributed by atoms with Crippen molar-refractivity contribution in [2.45, 2.75) is 19.5 Å². The van der Waals surface area contributed by atoms with E-state index < -0.39 is 17.9 Å². The fraction of sp³-hybridized carbons (Fsp3) is 0.286. The number of aromatic nitrogens is 3.